The van der Waals surface area contributed by atoms with Crippen LogP contribution in [0.4, 0.5) is 27.6 Å². The number of alkyl halides is 3. The number of aryl methyl sites for hydroxylation is 1. The van der Waals surface area contributed by atoms with Gasteiger partial charge in [0.2, 0.25) is 10.0 Å². The van der Waals surface area contributed by atoms with E-state index in [2.05, 4.69) is 5.32 Å². The largest absolute Gasteiger partial charge is 0.404 e. The summed E-state index contributed by atoms with van der Waals surface area (Å²) in [5.74, 6) is -3.28. The Morgan fingerprint density at radius 1 is 1.25 bits per heavy atom. The van der Waals surface area contributed by atoms with Gasteiger partial charge in [-0.15, -0.1) is 0 Å². The van der Waals surface area contributed by atoms with Gasteiger partial charge in [0, 0.05) is 13.2 Å². The summed E-state index contributed by atoms with van der Waals surface area (Å²) in [5, 5.41) is 1.24. The summed E-state index contributed by atoms with van der Waals surface area (Å²) in [5.41, 5.74) is -0.772. The summed E-state index contributed by atoms with van der Waals surface area (Å²) in [4.78, 5) is 11.7. The van der Waals surface area contributed by atoms with Crippen molar-refractivity contribution in [1.29, 1.82) is 0 Å². The SMILES string of the molecule is CC(NS(=O)(=O)c1cc(C(=O)Nc2ccc(F)c(Cl)c2F)n(C)c1)C(F)(F)F. The van der Waals surface area contributed by atoms with E-state index in [0.29, 0.717) is 6.92 Å². The van der Waals surface area contributed by atoms with Crippen LogP contribution in [0.5, 0.6) is 0 Å². The van der Waals surface area contributed by atoms with E-state index in [9.17, 15) is 35.2 Å². The molecule has 0 spiro atoms. The zero-order valence-electron chi connectivity index (χ0n) is 14.2. The van der Waals surface area contributed by atoms with Crippen LogP contribution in [0.2, 0.25) is 5.02 Å². The lowest BCUT2D eigenvalue weighted by atomic mass is 10.2. The number of aromatic nitrogens is 1. The first-order chi connectivity index (χ1) is 12.7. The lowest BCUT2D eigenvalue weighted by Gasteiger charge is -2.16. The summed E-state index contributed by atoms with van der Waals surface area (Å²) in [6, 6.07) is 0.167. The zero-order chi connectivity index (χ0) is 21.4. The Bertz CT molecular complexity index is 1020. The molecule has 154 valence electrons. The Kier molecular flexibility index (Phi) is 6.07. The number of nitrogens with one attached hydrogen (secondary N) is 2. The normalized spacial score (nSPS) is 13.4. The number of nitrogens with zero attached hydrogens (tertiary/aromatic N) is 1. The minimum Gasteiger partial charge on any atom is -0.345 e. The Hall–Kier alpha value is -2.18. The van der Waals surface area contributed by atoms with Gasteiger partial charge in [-0.1, -0.05) is 11.6 Å². The number of sulfonamides is 1. The molecule has 2 N–H and O–H groups in total. The lowest BCUT2D eigenvalue weighted by Crippen LogP contribution is -2.42. The maximum absolute atomic E-state index is 13.9. The molecule has 0 aliphatic carbocycles. The van der Waals surface area contributed by atoms with E-state index in [0.717, 1.165) is 29.0 Å². The molecule has 6 nitrogen and oxygen atoms in total. The smallest absolute Gasteiger partial charge is 0.345 e. The van der Waals surface area contributed by atoms with Crippen molar-refractivity contribution in [3.8, 4) is 0 Å². The van der Waals surface area contributed by atoms with Crippen LogP contribution in [0.15, 0.2) is 29.3 Å². The maximum Gasteiger partial charge on any atom is 0.404 e. The first-order valence-electron chi connectivity index (χ1n) is 7.44. The molecule has 0 saturated carbocycles. The third kappa shape index (κ3) is 4.62. The molecule has 1 aromatic carbocycles. The van der Waals surface area contributed by atoms with E-state index in [4.69, 9.17) is 11.6 Å². The van der Waals surface area contributed by atoms with E-state index in [1.807, 2.05) is 0 Å². The van der Waals surface area contributed by atoms with Gasteiger partial charge in [0.15, 0.2) is 5.82 Å². The number of hydrogen-bond donors (Lipinski definition) is 2. The average Bonchev–Trinajstić information content (AvgIpc) is 2.97. The van der Waals surface area contributed by atoms with E-state index in [-0.39, 0.29) is 5.69 Å². The second-order valence-corrected chi connectivity index (χ2v) is 7.83. The van der Waals surface area contributed by atoms with E-state index in [1.165, 1.54) is 11.8 Å². The molecular weight excluding hydrogens is 433 g/mol. The number of hydrogen-bond acceptors (Lipinski definition) is 3. The summed E-state index contributed by atoms with van der Waals surface area (Å²) in [6.07, 6.45) is -3.89. The van der Waals surface area contributed by atoms with Crippen molar-refractivity contribution in [1.82, 2.24) is 9.29 Å². The third-order valence-electron chi connectivity index (χ3n) is 3.63. The van der Waals surface area contributed by atoms with E-state index < -0.39 is 55.4 Å². The van der Waals surface area contributed by atoms with Crippen molar-refractivity contribution in [2.75, 3.05) is 5.32 Å². The molecule has 0 saturated heterocycles. The van der Waals surface area contributed by atoms with Crippen LogP contribution in [0.3, 0.4) is 0 Å². The predicted octanol–water partition coefficient (Wildman–Crippen LogP) is 3.44. The number of halogens is 6. The zero-order valence-corrected chi connectivity index (χ0v) is 15.8. The lowest BCUT2D eigenvalue weighted by molar-refractivity contribution is -0.147. The monoisotopic (exact) mass is 445 g/mol. The van der Waals surface area contributed by atoms with Crippen molar-refractivity contribution in [3.05, 3.63) is 46.7 Å². The maximum atomic E-state index is 13.9. The summed E-state index contributed by atoms with van der Waals surface area (Å²) in [6.45, 7) is 0.620. The fraction of sp³-hybridized carbons (Fsp3) is 0.267. The molecule has 1 unspecified atom stereocenters. The van der Waals surface area contributed by atoms with Gasteiger partial charge >= 0.3 is 6.18 Å². The van der Waals surface area contributed by atoms with Crippen LogP contribution < -0.4 is 10.0 Å². The molecule has 0 aliphatic rings. The molecule has 1 aromatic heterocycles. The highest BCUT2D eigenvalue weighted by molar-refractivity contribution is 7.89. The van der Waals surface area contributed by atoms with Gasteiger partial charge in [0.05, 0.1) is 5.69 Å². The van der Waals surface area contributed by atoms with Crippen LogP contribution in [0, 0.1) is 11.6 Å². The number of carbonyl (C=O) groups is 1. The van der Waals surface area contributed by atoms with Gasteiger partial charge < -0.3 is 9.88 Å². The van der Waals surface area contributed by atoms with Crippen molar-refractivity contribution < 1.29 is 35.2 Å². The highest BCUT2D eigenvalue weighted by Crippen LogP contribution is 2.26. The standard InChI is InChI=1S/C15H13ClF5N3O3S/c1-7(15(19,20)21)23-28(26,27)8-5-11(24(2)6-8)14(25)22-10-4-3-9(17)12(16)13(10)18/h3-7,23H,1-2H3,(H,22,25). The van der Waals surface area contributed by atoms with Crippen LogP contribution >= 0.6 is 11.6 Å². The fourth-order valence-electron chi connectivity index (χ4n) is 2.08. The Labute approximate surface area is 161 Å². The van der Waals surface area contributed by atoms with Crippen LogP contribution in [0.25, 0.3) is 0 Å². The predicted molar refractivity (Wildman–Crippen MR) is 90.6 cm³/mol. The number of anilines is 1. The fourth-order valence-corrected chi connectivity index (χ4v) is 3.55. The summed E-state index contributed by atoms with van der Waals surface area (Å²) < 4.78 is 91.4. The first kappa shape index (κ1) is 22.1. The Morgan fingerprint density at radius 3 is 2.43 bits per heavy atom. The minimum atomic E-state index is -4.80. The second kappa shape index (κ2) is 7.68. The van der Waals surface area contributed by atoms with E-state index >= 15 is 0 Å². The second-order valence-electron chi connectivity index (χ2n) is 5.73. The van der Waals surface area contributed by atoms with Crippen LogP contribution in [-0.2, 0) is 17.1 Å². The number of rotatable bonds is 5. The number of carbonyl (C=O) groups excluding carboxylic acids is 1. The van der Waals surface area contributed by atoms with Crippen molar-refractivity contribution >= 4 is 33.2 Å². The molecule has 2 aromatic rings. The molecule has 1 heterocycles. The van der Waals surface area contributed by atoms with Gasteiger partial charge in [-0.25, -0.2) is 17.2 Å². The number of amides is 1. The van der Waals surface area contributed by atoms with Crippen LogP contribution in [-0.4, -0.2) is 31.1 Å². The molecule has 13 heteroatoms. The molecule has 0 aliphatic heterocycles. The van der Waals surface area contributed by atoms with Gasteiger partial charge in [0.1, 0.15) is 27.5 Å². The van der Waals surface area contributed by atoms with Gasteiger partial charge in [-0.05, 0) is 25.1 Å². The van der Waals surface area contributed by atoms with Crippen LogP contribution in [0.1, 0.15) is 17.4 Å². The van der Waals surface area contributed by atoms with Gasteiger partial charge in [-0.3, -0.25) is 4.79 Å². The summed E-state index contributed by atoms with van der Waals surface area (Å²) in [7, 11) is -3.33. The van der Waals surface area contributed by atoms with Crippen molar-refractivity contribution in [2.24, 2.45) is 7.05 Å². The summed E-state index contributed by atoms with van der Waals surface area (Å²) >= 11 is 5.41. The third-order valence-corrected chi connectivity index (χ3v) is 5.48. The highest BCUT2D eigenvalue weighted by atomic mass is 35.5. The quantitative estimate of drug-likeness (QED) is 0.546. The van der Waals surface area contributed by atoms with E-state index in [1.54, 1.807) is 0 Å². The number of benzene rings is 1. The molecule has 2 rings (SSSR count). The first-order valence-corrected chi connectivity index (χ1v) is 9.30. The molecule has 1 atom stereocenters. The van der Waals surface area contributed by atoms with Crippen molar-refractivity contribution in [2.45, 2.75) is 24.0 Å². The Balaban J connectivity index is 2.29. The molecule has 28 heavy (non-hydrogen) atoms. The molecule has 0 fully saturated rings. The molecule has 0 radical (unpaired) electrons. The van der Waals surface area contributed by atoms with Gasteiger partial charge in [-0.2, -0.15) is 17.9 Å². The molecule has 0 bridgehead atoms. The molecular formula is C15H13ClF5N3O3S. The highest BCUT2D eigenvalue weighted by Gasteiger charge is 2.39. The average molecular weight is 446 g/mol. The topological polar surface area (TPSA) is 80.2 Å². The Morgan fingerprint density at radius 2 is 1.86 bits per heavy atom. The molecule has 1 amide bonds. The minimum absolute atomic E-state index is 0.306. The van der Waals surface area contributed by atoms with Crippen molar-refractivity contribution in [3.63, 3.8) is 0 Å². The van der Waals surface area contributed by atoms with Gasteiger partial charge in [0.25, 0.3) is 5.91 Å².